The number of amides is 2. The van der Waals surface area contributed by atoms with E-state index in [1.54, 1.807) is 25.3 Å². The number of aromatic carboxylic acids is 1. The molecule has 2 aromatic carbocycles. The summed E-state index contributed by atoms with van der Waals surface area (Å²) < 4.78 is 5.39. The molecule has 1 aliphatic heterocycles. The van der Waals surface area contributed by atoms with Gasteiger partial charge in [-0.15, -0.1) is 0 Å². The van der Waals surface area contributed by atoms with Crippen molar-refractivity contribution in [2.24, 2.45) is 5.92 Å². The minimum atomic E-state index is -1.04. The normalized spacial score (nSPS) is 17.4. The van der Waals surface area contributed by atoms with Crippen molar-refractivity contribution in [1.29, 1.82) is 0 Å². The maximum absolute atomic E-state index is 13.3. The minimum absolute atomic E-state index is 0.0277. The van der Waals surface area contributed by atoms with Gasteiger partial charge in [-0.3, -0.25) is 19.3 Å². The molecule has 1 N–H and O–H groups in total. The molecule has 7 heteroatoms. The molecule has 0 aliphatic carbocycles. The second-order valence-electron chi connectivity index (χ2n) is 8.35. The van der Waals surface area contributed by atoms with Crippen LogP contribution in [-0.4, -0.2) is 47.2 Å². The maximum atomic E-state index is 13.3. The van der Waals surface area contributed by atoms with E-state index in [4.69, 9.17) is 4.74 Å². The third-order valence-corrected chi connectivity index (χ3v) is 6.20. The fraction of sp³-hybridized carbons (Fsp3) is 0.385. The number of carbonyl (C=O) groups excluding carboxylic acids is 3. The Morgan fingerprint density at radius 2 is 1.91 bits per heavy atom. The Balaban J connectivity index is 1.80. The van der Waals surface area contributed by atoms with Crippen LogP contribution in [0.4, 0.5) is 0 Å². The zero-order chi connectivity index (χ0) is 24.0. The number of likely N-dealkylation sites (tertiary alicyclic amines) is 1. The van der Waals surface area contributed by atoms with E-state index in [9.17, 15) is 24.3 Å². The Hall–Kier alpha value is -3.48. The molecule has 0 unspecified atom stereocenters. The van der Waals surface area contributed by atoms with E-state index in [2.05, 4.69) is 0 Å². The molecule has 1 fully saturated rings. The summed E-state index contributed by atoms with van der Waals surface area (Å²) in [4.78, 5) is 51.3. The Kier molecular flexibility index (Phi) is 7.98. The number of benzene rings is 2. The van der Waals surface area contributed by atoms with Crippen LogP contribution in [0.25, 0.3) is 0 Å². The molecule has 1 aliphatic rings. The van der Waals surface area contributed by atoms with Crippen LogP contribution in [0, 0.1) is 5.92 Å². The number of carboxylic acid groups (broad SMARTS) is 1. The molecule has 2 aromatic rings. The van der Waals surface area contributed by atoms with Crippen LogP contribution in [0.1, 0.15) is 60.0 Å². The van der Waals surface area contributed by atoms with Gasteiger partial charge in [0.05, 0.1) is 19.2 Å². The Labute approximate surface area is 193 Å². The number of hydrogen-bond acceptors (Lipinski definition) is 5. The fourth-order valence-corrected chi connectivity index (χ4v) is 4.29. The molecule has 1 saturated heterocycles. The Morgan fingerprint density at radius 1 is 1.15 bits per heavy atom. The standard InChI is InChI=1S/C26H29NO6/c1-3-17(18-8-6-9-21(13-18)26(31)32)15-24(29)27-16-22(28)12-11-20(25(27)30)14-19-7-4-5-10-23(19)33-2/h4-10,13,17,20H,3,11-12,14-16H2,1-2H3,(H,31,32)/t17-,20-/m0/s1. The Bertz CT molecular complexity index is 1050. The van der Waals surface area contributed by atoms with Crippen molar-refractivity contribution in [3.63, 3.8) is 0 Å². The average molecular weight is 452 g/mol. The number of ketones is 1. The second kappa shape index (κ2) is 10.9. The highest BCUT2D eigenvalue weighted by molar-refractivity contribution is 6.01. The average Bonchev–Trinajstić information content (AvgIpc) is 2.96. The van der Waals surface area contributed by atoms with Crippen molar-refractivity contribution < 1.29 is 29.0 Å². The molecule has 1 heterocycles. The predicted octanol–water partition coefficient (Wildman–Crippen LogP) is 3.85. The number of nitrogens with zero attached hydrogens (tertiary/aromatic N) is 1. The van der Waals surface area contributed by atoms with Crippen molar-refractivity contribution in [3.8, 4) is 5.75 Å². The first-order valence-electron chi connectivity index (χ1n) is 11.1. The predicted molar refractivity (Wildman–Crippen MR) is 122 cm³/mol. The third-order valence-electron chi connectivity index (χ3n) is 6.20. The molecule has 0 spiro atoms. The quantitative estimate of drug-likeness (QED) is 0.654. The maximum Gasteiger partial charge on any atom is 0.335 e. The summed E-state index contributed by atoms with van der Waals surface area (Å²) >= 11 is 0. The second-order valence-corrected chi connectivity index (χ2v) is 8.35. The SMILES string of the molecule is CC[C@@H](CC(=O)N1CC(=O)CC[C@@H](Cc2ccccc2OC)C1=O)c1cccc(C(=O)O)c1. The molecular formula is C26H29NO6. The largest absolute Gasteiger partial charge is 0.496 e. The lowest BCUT2D eigenvalue weighted by molar-refractivity contribution is -0.148. The van der Waals surface area contributed by atoms with Crippen molar-refractivity contribution in [2.45, 2.75) is 44.9 Å². The molecule has 0 bridgehead atoms. The van der Waals surface area contributed by atoms with Gasteiger partial charge < -0.3 is 9.84 Å². The minimum Gasteiger partial charge on any atom is -0.496 e. The van der Waals surface area contributed by atoms with Crippen LogP contribution in [0.2, 0.25) is 0 Å². The number of hydrogen-bond donors (Lipinski definition) is 1. The zero-order valence-electron chi connectivity index (χ0n) is 19.0. The van der Waals surface area contributed by atoms with Gasteiger partial charge in [0, 0.05) is 18.8 Å². The summed E-state index contributed by atoms with van der Waals surface area (Å²) in [6.45, 7) is 1.69. The molecule has 0 radical (unpaired) electrons. The van der Waals surface area contributed by atoms with Crippen LogP contribution in [0.15, 0.2) is 48.5 Å². The summed E-state index contributed by atoms with van der Waals surface area (Å²) in [6, 6.07) is 13.9. The van der Waals surface area contributed by atoms with E-state index in [0.29, 0.717) is 25.0 Å². The number of Topliss-reactive ketones (excluding diaryl/α,β-unsaturated/α-hetero) is 1. The zero-order valence-corrected chi connectivity index (χ0v) is 19.0. The van der Waals surface area contributed by atoms with Crippen molar-refractivity contribution >= 4 is 23.6 Å². The number of carbonyl (C=O) groups is 4. The summed E-state index contributed by atoms with van der Waals surface area (Å²) in [5, 5.41) is 9.27. The van der Waals surface area contributed by atoms with Gasteiger partial charge in [0.1, 0.15) is 5.75 Å². The van der Waals surface area contributed by atoms with E-state index in [-0.39, 0.29) is 42.6 Å². The number of imide groups is 1. The van der Waals surface area contributed by atoms with Gasteiger partial charge in [-0.25, -0.2) is 4.79 Å². The van der Waals surface area contributed by atoms with E-state index < -0.39 is 17.8 Å². The van der Waals surface area contributed by atoms with Crippen molar-refractivity contribution in [2.75, 3.05) is 13.7 Å². The van der Waals surface area contributed by atoms with Crippen molar-refractivity contribution in [3.05, 3.63) is 65.2 Å². The van der Waals surface area contributed by atoms with E-state index in [1.165, 1.54) is 6.07 Å². The highest BCUT2D eigenvalue weighted by atomic mass is 16.5. The number of para-hydroxylation sites is 1. The van der Waals surface area contributed by atoms with E-state index in [0.717, 1.165) is 16.0 Å². The topological polar surface area (TPSA) is 101 Å². The molecule has 0 aromatic heterocycles. The first-order chi connectivity index (χ1) is 15.8. The van der Waals surface area contributed by atoms with Crippen LogP contribution in [-0.2, 0) is 20.8 Å². The smallest absolute Gasteiger partial charge is 0.335 e. The lowest BCUT2D eigenvalue weighted by Gasteiger charge is -2.25. The van der Waals surface area contributed by atoms with Gasteiger partial charge in [0.15, 0.2) is 5.78 Å². The fourth-order valence-electron chi connectivity index (χ4n) is 4.29. The molecule has 33 heavy (non-hydrogen) atoms. The summed E-state index contributed by atoms with van der Waals surface area (Å²) in [6.07, 6.45) is 1.64. The number of carboxylic acids is 1. The highest BCUT2D eigenvalue weighted by Gasteiger charge is 2.35. The van der Waals surface area contributed by atoms with Crippen molar-refractivity contribution in [1.82, 2.24) is 4.90 Å². The van der Waals surface area contributed by atoms with Crippen LogP contribution in [0.3, 0.4) is 0 Å². The van der Waals surface area contributed by atoms with E-state index >= 15 is 0 Å². The van der Waals surface area contributed by atoms with Gasteiger partial charge >= 0.3 is 5.97 Å². The summed E-state index contributed by atoms with van der Waals surface area (Å²) in [5.41, 5.74) is 1.73. The first kappa shape index (κ1) is 24.2. The van der Waals surface area contributed by atoms with Gasteiger partial charge in [-0.2, -0.15) is 0 Å². The van der Waals surface area contributed by atoms with Gasteiger partial charge in [-0.1, -0.05) is 37.3 Å². The molecule has 174 valence electrons. The number of rotatable bonds is 8. The van der Waals surface area contributed by atoms with Crippen LogP contribution < -0.4 is 4.74 Å². The molecular weight excluding hydrogens is 422 g/mol. The van der Waals surface area contributed by atoms with Crippen LogP contribution in [0.5, 0.6) is 5.75 Å². The molecule has 2 amide bonds. The molecule has 3 rings (SSSR count). The first-order valence-corrected chi connectivity index (χ1v) is 11.1. The number of methoxy groups -OCH3 is 1. The lowest BCUT2D eigenvalue weighted by Crippen LogP contribution is -2.42. The molecule has 0 saturated carbocycles. The molecule has 7 nitrogen and oxygen atoms in total. The van der Waals surface area contributed by atoms with Gasteiger partial charge in [0.25, 0.3) is 0 Å². The lowest BCUT2D eigenvalue weighted by atomic mass is 9.91. The van der Waals surface area contributed by atoms with Gasteiger partial charge in [0.2, 0.25) is 11.8 Å². The number of ether oxygens (including phenoxy) is 1. The highest BCUT2D eigenvalue weighted by Crippen LogP contribution is 2.29. The van der Waals surface area contributed by atoms with Crippen LogP contribution >= 0.6 is 0 Å². The molecule has 2 atom stereocenters. The third kappa shape index (κ3) is 5.86. The summed E-state index contributed by atoms with van der Waals surface area (Å²) in [7, 11) is 1.57. The van der Waals surface area contributed by atoms with E-state index in [1.807, 2.05) is 31.2 Å². The summed E-state index contributed by atoms with van der Waals surface area (Å²) in [5.74, 6) is -2.00. The van der Waals surface area contributed by atoms with Gasteiger partial charge in [-0.05, 0) is 54.5 Å². The Morgan fingerprint density at radius 3 is 2.61 bits per heavy atom. The monoisotopic (exact) mass is 451 g/mol.